The van der Waals surface area contributed by atoms with Crippen LogP contribution in [-0.4, -0.2) is 39.6 Å². The number of amides is 1. The van der Waals surface area contributed by atoms with Crippen molar-refractivity contribution in [2.45, 2.75) is 309 Å². The molecule has 0 rings (SSSR count). The first-order chi connectivity index (χ1) is 28.3. The van der Waals surface area contributed by atoms with Crippen molar-refractivity contribution in [1.29, 1.82) is 0 Å². The third-order valence-electron chi connectivity index (χ3n) is 12.3. The Hall–Kier alpha value is -0.460. The number of aliphatic hydroxyl groups is 1. The lowest BCUT2D eigenvalue weighted by Gasteiger charge is -2.24. The van der Waals surface area contributed by atoms with E-state index in [2.05, 4.69) is 19.2 Å². The van der Waals surface area contributed by atoms with Crippen LogP contribution in [0.5, 0.6) is 0 Å². The van der Waals surface area contributed by atoms with Crippen LogP contribution in [0, 0.1) is 0 Å². The molecule has 2 atom stereocenters. The first-order valence-electron chi connectivity index (χ1n) is 26.0. The number of unbranched alkanes of at least 4 members (excludes halogenated alkanes) is 40. The maximum Gasteiger partial charge on any atom is 0.469 e. The molecule has 0 bridgehead atoms. The van der Waals surface area contributed by atoms with Crippen LogP contribution in [0.15, 0.2) is 0 Å². The molecule has 0 spiro atoms. The molecule has 0 unspecified atom stereocenters. The van der Waals surface area contributed by atoms with E-state index >= 15 is 0 Å². The number of hydrogen-bond donors (Lipinski definition) is 4. The highest BCUT2D eigenvalue weighted by atomic mass is 31.2. The van der Waals surface area contributed by atoms with Crippen LogP contribution < -0.4 is 5.32 Å². The molecule has 1 amide bonds. The van der Waals surface area contributed by atoms with Gasteiger partial charge in [0.1, 0.15) is 0 Å². The van der Waals surface area contributed by atoms with Crippen LogP contribution >= 0.6 is 7.82 Å². The zero-order valence-electron chi connectivity index (χ0n) is 39.0. The molecule has 0 fully saturated rings. The monoisotopic (exact) mass is 844 g/mol. The first kappa shape index (κ1) is 57.5. The van der Waals surface area contributed by atoms with Gasteiger partial charge in [-0.1, -0.05) is 277 Å². The molecule has 0 aliphatic rings. The Labute approximate surface area is 361 Å². The van der Waals surface area contributed by atoms with E-state index in [0.717, 1.165) is 38.5 Å². The van der Waals surface area contributed by atoms with Gasteiger partial charge >= 0.3 is 7.82 Å². The summed E-state index contributed by atoms with van der Waals surface area (Å²) < 4.78 is 16.0. The quantitative estimate of drug-likeness (QED) is 0.0358. The summed E-state index contributed by atoms with van der Waals surface area (Å²) in [5, 5.41) is 13.6. The number of nitrogens with one attached hydrogen (secondary N) is 1. The molecule has 0 aliphatic heterocycles. The molecule has 58 heavy (non-hydrogen) atoms. The fraction of sp³-hybridized carbons (Fsp3) is 0.980. The summed E-state index contributed by atoms with van der Waals surface area (Å²) in [5.74, 6) is -0.186. The van der Waals surface area contributed by atoms with Gasteiger partial charge in [0.15, 0.2) is 0 Å². The van der Waals surface area contributed by atoms with E-state index in [9.17, 15) is 24.3 Å². The highest BCUT2D eigenvalue weighted by Crippen LogP contribution is 2.36. The minimum Gasteiger partial charge on any atom is -0.391 e. The molecular formula is C50H102NO6P. The third-order valence-corrected chi connectivity index (χ3v) is 12.8. The van der Waals surface area contributed by atoms with Gasteiger partial charge in [-0.05, 0) is 12.8 Å². The van der Waals surface area contributed by atoms with Gasteiger partial charge in [0, 0.05) is 6.42 Å². The van der Waals surface area contributed by atoms with Gasteiger partial charge in [-0.2, -0.15) is 0 Å². The number of hydrogen-bond acceptors (Lipinski definition) is 4. The Balaban J connectivity index is 3.70. The fourth-order valence-electron chi connectivity index (χ4n) is 8.41. The van der Waals surface area contributed by atoms with Crippen LogP contribution in [0.2, 0.25) is 0 Å². The minimum atomic E-state index is -4.69. The molecule has 0 aliphatic carbocycles. The highest BCUT2D eigenvalue weighted by molar-refractivity contribution is 7.46. The summed E-state index contributed by atoms with van der Waals surface area (Å²) >= 11 is 0. The van der Waals surface area contributed by atoms with E-state index in [4.69, 9.17) is 4.52 Å². The summed E-state index contributed by atoms with van der Waals surface area (Å²) in [6.07, 6.45) is 55.5. The summed E-state index contributed by atoms with van der Waals surface area (Å²) in [4.78, 5) is 31.1. The minimum absolute atomic E-state index is 0.186. The molecule has 7 nitrogen and oxygen atoms in total. The second-order valence-electron chi connectivity index (χ2n) is 18.2. The number of phosphoric ester groups is 1. The normalized spacial score (nSPS) is 13.0. The van der Waals surface area contributed by atoms with Gasteiger partial charge < -0.3 is 20.2 Å². The lowest BCUT2D eigenvalue weighted by atomic mass is 10.0. The standard InChI is InChI=1S/C50H102NO6P/c1-3-5-7-9-11-13-15-17-19-20-21-22-23-24-25-26-27-28-29-30-32-34-36-38-40-42-44-46-50(53)51-48(47-57-58(54,55)56)49(52)45-43-41-39-37-35-33-31-18-16-14-12-10-8-6-4-2/h48-49,52H,3-47H2,1-2H3,(H,51,53)(H2,54,55,56)/t48-,49+/m0/s1. The van der Waals surface area contributed by atoms with Gasteiger partial charge in [-0.15, -0.1) is 0 Å². The summed E-state index contributed by atoms with van der Waals surface area (Å²) in [6, 6.07) is -0.819. The number of carbonyl (C=O) groups is 1. The van der Waals surface area contributed by atoms with E-state index < -0.39 is 26.6 Å². The third kappa shape index (κ3) is 46.6. The van der Waals surface area contributed by atoms with Gasteiger partial charge in [0.2, 0.25) is 5.91 Å². The van der Waals surface area contributed by atoms with Gasteiger partial charge in [0.05, 0.1) is 18.8 Å². The van der Waals surface area contributed by atoms with E-state index in [1.165, 1.54) is 231 Å². The van der Waals surface area contributed by atoms with Crippen molar-refractivity contribution in [3.05, 3.63) is 0 Å². The largest absolute Gasteiger partial charge is 0.469 e. The van der Waals surface area contributed by atoms with Crippen LogP contribution in [0.25, 0.3) is 0 Å². The lowest BCUT2D eigenvalue weighted by molar-refractivity contribution is -0.123. The van der Waals surface area contributed by atoms with E-state index in [1.54, 1.807) is 0 Å². The van der Waals surface area contributed by atoms with E-state index in [-0.39, 0.29) is 5.91 Å². The van der Waals surface area contributed by atoms with E-state index in [1.807, 2.05) is 0 Å². The van der Waals surface area contributed by atoms with Crippen LogP contribution in [0.4, 0.5) is 0 Å². The zero-order chi connectivity index (χ0) is 42.5. The smallest absolute Gasteiger partial charge is 0.391 e. The summed E-state index contributed by atoms with van der Waals surface area (Å²) in [6.45, 7) is 4.16. The van der Waals surface area contributed by atoms with Crippen molar-refractivity contribution in [2.24, 2.45) is 0 Å². The molecule has 0 radical (unpaired) electrons. The zero-order valence-corrected chi connectivity index (χ0v) is 39.9. The van der Waals surface area contributed by atoms with Gasteiger partial charge in [-0.3, -0.25) is 9.32 Å². The molecule has 0 saturated heterocycles. The van der Waals surface area contributed by atoms with Crippen molar-refractivity contribution in [2.75, 3.05) is 6.61 Å². The van der Waals surface area contributed by atoms with Gasteiger partial charge in [-0.25, -0.2) is 4.57 Å². The van der Waals surface area contributed by atoms with Crippen molar-refractivity contribution >= 4 is 13.7 Å². The van der Waals surface area contributed by atoms with Crippen molar-refractivity contribution in [3.8, 4) is 0 Å². The number of aliphatic hydroxyl groups excluding tert-OH is 1. The van der Waals surface area contributed by atoms with Crippen LogP contribution in [0.3, 0.4) is 0 Å². The summed E-state index contributed by atoms with van der Waals surface area (Å²) in [7, 11) is -4.69. The Kier molecular flexibility index (Phi) is 45.7. The average molecular weight is 844 g/mol. The number of rotatable bonds is 49. The van der Waals surface area contributed by atoms with E-state index in [0.29, 0.717) is 12.8 Å². The van der Waals surface area contributed by atoms with Crippen molar-refractivity contribution < 1.29 is 28.8 Å². The molecule has 0 aromatic carbocycles. The van der Waals surface area contributed by atoms with Gasteiger partial charge in [0.25, 0.3) is 0 Å². The Bertz CT molecular complexity index is 869. The predicted octanol–water partition coefficient (Wildman–Crippen LogP) is 16.1. The Morgan fingerprint density at radius 1 is 0.431 bits per heavy atom. The topological polar surface area (TPSA) is 116 Å². The Morgan fingerprint density at radius 3 is 0.931 bits per heavy atom. The van der Waals surface area contributed by atoms with Crippen molar-refractivity contribution in [1.82, 2.24) is 5.32 Å². The molecular weight excluding hydrogens is 742 g/mol. The molecule has 0 saturated carbocycles. The van der Waals surface area contributed by atoms with Crippen LogP contribution in [0.1, 0.15) is 296 Å². The lowest BCUT2D eigenvalue weighted by Crippen LogP contribution is -2.46. The van der Waals surface area contributed by atoms with Crippen LogP contribution in [-0.2, 0) is 13.9 Å². The maximum absolute atomic E-state index is 12.7. The average Bonchev–Trinajstić information content (AvgIpc) is 3.20. The number of phosphoric acid groups is 1. The fourth-order valence-corrected chi connectivity index (χ4v) is 8.76. The Morgan fingerprint density at radius 2 is 0.672 bits per heavy atom. The maximum atomic E-state index is 12.7. The van der Waals surface area contributed by atoms with Crippen molar-refractivity contribution in [3.63, 3.8) is 0 Å². The molecule has 0 heterocycles. The predicted molar refractivity (Wildman–Crippen MR) is 250 cm³/mol. The number of carbonyl (C=O) groups excluding carboxylic acids is 1. The molecule has 8 heteroatoms. The summed E-state index contributed by atoms with van der Waals surface area (Å²) in [5.41, 5.74) is 0. The second-order valence-corrected chi connectivity index (χ2v) is 19.4. The molecule has 348 valence electrons. The highest BCUT2D eigenvalue weighted by Gasteiger charge is 2.25. The molecule has 0 aromatic rings. The first-order valence-corrected chi connectivity index (χ1v) is 27.5. The molecule has 0 aromatic heterocycles. The molecule has 4 N–H and O–H groups in total. The SMILES string of the molecule is CCCCCCCCCCCCCCCCCCCCCCCCCCCCCC(=O)N[C@@H](COP(=O)(O)O)[C@H](O)CCCCCCCCCCCCCCCCC. The second kappa shape index (κ2) is 46.1.